The molecular formula is C45H32N2. The molecule has 9 aromatic rings. The van der Waals surface area contributed by atoms with Crippen molar-refractivity contribution in [2.24, 2.45) is 0 Å². The van der Waals surface area contributed by atoms with Crippen LogP contribution in [0.2, 0.25) is 0 Å². The van der Waals surface area contributed by atoms with Crippen molar-refractivity contribution in [3.63, 3.8) is 0 Å². The number of aromatic nitrogens is 2. The summed E-state index contributed by atoms with van der Waals surface area (Å²) < 4.78 is 154. The summed E-state index contributed by atoms with van der Waals surface area (Å²) in [7, 11) is 0. The van der Waals surface area contributed by atoms with E-state index in [9.17, 15) is 6.85 Å². The molecule has 47 heavy (non-hydrogen) atoms. The molecule has 0 atom stereocenters. The van der Waals surface area contributed by atoms with Gasteiger partial charge in [0, 0.05) is 12.1 Å². The van der Waals surface area contributed by atoms with Crippen LogP contribution >= 0.6 is 0 Å². The number of rotatable bonds is 5. The van der Waals surface area contributed by atoms with E-state index in [2.05, 4.69) is 4.57 Å². The fraction of sp³-hybridized carbons (Fsp3) is 0.0444. The highest BCUT2D eigenvalue weighted by Crippen LogP contribution is 2.44. The van der Waals surface area contributed by atoms with E-state index in [4.69, 9.17) is 21.4 Å². The molecule has 0 N–H and O–H groups in total. The Labute approximate surface area is 298 Å². The lowest BCUT2D eigenvalue weighted by Gasteiger charge is -2.19. The van der Waals surface area contributed by atoms with E-state index < -0.39 is 147 Å². The van der Waals surface area contributed by atoms with Crippen molar-refractivity contribution in [2.75, 3.05) is 0 Å². The lowest BCUT2D eigenvalue weighted by molar-refractivity contribution is 0.909. The number of hydrogen-bond donors (Lipinski definition) is 0. The van der Waals surface area contributed by atoms with Gasteiger partial charge in [0.2, 0.25) is 0 Å². The lowest BCUT2D eigenvalue weighted by atomic mass is 9.85. The second-order valence-corrected chi connectivity index (χ2v) is 11.0. The first-order valence-electron chi connectivity index (χ1n) is 23.5. The SMILES string of the molecule is [2H]c1c([2H])c([2H])c(-c2c3c([2H])c([2H])c([2H])c([2H])c3c(-c3c([2H])c([2H])c([2H])c([2H])c3[2H])c3c([2H])c(-c4ccc5cc(-n6c(CC)nc7ccccc76)ccc5c4)c([2H])c([2H])c23)c([2H])c1[2H]. The zero-order chi connectivity index (χ0) is 46.1. The van der Waals surface area contributed by atoms with Gasteiger partial charge in [0.1, 0.15) is 5.82 Å². The van der Waals surface area contributed by atoms with E-state index in [0.717, 1.165) is 27.9 Å². The molecule has 0 radical (unpaired) electrons. The Balaban J connectivity index is 1.47. The van der Waals surface area contributed by atoms with Crippen molar-refractivity contribution < 1.29 is 23.3 Å². The van der Waals surface area contributed by atoms with Crippen LogP contribution in [-0.2, 0) is 6.42 Å². The van der Waals surface area contributed by atoms with Crippen LogP contribution < -0.4 is 0 Å². The van der Waals surface area contributed by atoms with Gasteiger partial charge in [0.15, 0.2) is 0 Å². The summed E-state index contributed by atoms with van der Waals surface area (Å²) in [6.45, 7) is 2.01. The molecule has 0 fully saturated rings. The molecule has 1 heterocycles. The average Bonchev–Trinajstić information content (AvgIpc) is 3.68. The molecule has 2 heteroatoms. The largest absolute Gasteiger partial charge is 0.296 e. The van der Waals surface area contributed by atoms with Gasteiger partial charge in [-0.2, -0.15) is 0 Å². The van der Waals surface area contributed by atoms with E-state index in [1.165, 1.54) is 0 Å². The first-order chi connectivity index (χ1) is 30.3. The van der Waals surface area contributed by atoms with E-state index >= 15 is 0 Å². The fourth-order valence-corrected chi connectivity index (χ4v) is 6.24. The normalized spacial score (nSPS) is 16.7. The van der Waals surface area contributed by atoms with Gasteiger partial charge in [-0.25, -0.2) is 4.98 Å². The number of hydrogen-bond acceptors (Lipinski definition) is 1. The van der Waals surface area contributed by atoms with Crippen molar-refractivity contribution in [1.29, 1.82) is 0 Å². The maximum atomic E-state index is 9.98. The van der Waals surface area contributed by atoms with Crippen molar-refractivity contribution in [2.45, 2.75) is 13.3 Å². The molecule has 0 amide bonds. The Morgan fingerprint density at radius 2 is 1.17 bits per heavy atom. The Morgan fingerprint density at radius 1 is 0.553 bits per heavy atom. The van der Waals surface area contributed by atoms with Crippen LogP contribution in [0.1, 0.15) is 36.1 Å². The van der Waals surface area contributed by atoms with Crippen LogP contribution in [0.4, 0.5) is 0 Å². The van der Waals surface area contributed by atoms with Crippen molar-refractivity contribution in [3.05, 3.63) is 169 Å². The average molecular weight is 618 g/mol. The van der Waals surface area contributed by atoms with Gasteiger partial charge in [-0.15, -0.1) is 0 Å². The van der Waals surface area contributed by atoms with Gasteiger partial charge in [-0.1, -0.05) is 134 Å². The third-order valence-corrected chi connectivity index (χ3v) is 8.32. The quantitative estimate of drug-likeness (QED) is 0.176. The van der Waals surface area contributed by atoms with E-state index in [0.29, 0.717) is 11.8 Å². The zero-order valence-electron chi connectivity index (χ0n) is 41.9. The minimum Gasteiger partial charge on any atom is -0.296 e. The maximum absolute atomic E-state index is 9.98. The Morgan fingerprint density at radius 3 is 1.89 bits per heavy atom. The van der Waals surface area contributed by atoms with E-state index in [-0.39, 0.29) is 11.1 Å². The van der Waals surface area contributed by atoms with Crippen LogP contribution in [0.15, 0.2) is 163 Å². The summed E-state index contributed by atoms with van der Waals surface area (Å²) >= 11 is 0. The smallest absolute Gasteiger partial charge is 0.114 e. The summed E-state index contributed by atoms with van der Waals surface area (Å²) in [6.07, 6.45) is 0.665. The van der Waals surface area contributed by atoms with Crippen molar-refractivity contribution in [3.8, 4) is 39.1 Å². The van der Waals surface area contributed by atoms with Crippen molar-refractivity contribution in [1.82, 2.24) is 9.55 Å². The minimum atomic E-state index is -0.815. The number of nitrogens with zero attached hydrogens (tertiary/aromatic N) is 2. The molecular weight excluding hydrogens is 569 g/mol. The van der Waals surface area contributed by atoms with Crippen LogP contribution in [0.3, 0.4) is 0 Å². The van der Waals surface area contributed by atoms with Gasteiger partial charge in [-0.3, -0.25) is 4.57 Å². The van der Waals surface area contributed by atoms with Crippen LogP contribution in [0, 0.1) is 0 Å². The van der Waals surface area contributed by atoms with Crippen LogP contribution in [0.5, 0.6) is 0 Å². The third kappa shape index (κ3) is 4.53. The standard InChI is InChI=1S/C45H32N2/c1-2-43-46-41-19-11-12-20-42(41)47(43)36-25-23-33-27-32(21-22-34(33)28-36)35-24-26-39-40(29-35)45(31-15-7-4-8-16-31)38-18-10-9-17-37(38)44(39)30-13-5-3-6-14-30/h3-29H,2H2,1H3/i3D,4D,5D,6D,7D,8D,9D,10D,13D,14D,15D,16D,17D,18D,24D,26D,29D. The predicted octanol–water partition coefficient (Wildman–Crippen LogP) is 12.0. The summed E-state index contributed by atoms with van der Waals surface area (Å²) in [5, 5.41) is -0.397. The summed E-state index contributed by atoms with van der Waals surface area (Å²) in [4.78, 5) is 4.79. The zero-order valence-corrected chi connectivity index (χ0v) is 24.9. The summed E-state index contributed by atoms with van der Waals surface area (Å²) in [5.74, 6) is 0.851. The lowest BCUT2D eigenvalue weighted by Crippen LogP contribution is -1.99. The van der Waals surface area contributed by atoms with E-state index in [1.54, 1.807) is 18.2 Å². The molecule has 0 bridgehead atoms. The molecule has 0 aliphatic rings. The van der Waals surface area contributed by atoms with Crippen molar-refractivity contribution >= 4 is 43.4 Å². The van der Waals surface area contributed by atoms with Gasteiger partial charge in [0.05, 0.1) is 34.3 Å². The molecule has 2 nitrogen and oxygen atoms in total. The highest BCUT2D eigenvalue weighted by atomic mass is 15.1. The minimum absolute atomic E-state index is 0.154. The fourth-order valence-electron chi connectivity index (χ4n) is 6.24. The number of benzene rings is 8. The predicted molar refractivity (Wildman–Crippen MR) is 199 cm³/mol. The Hall–Kier alpha value is -5.99. The van der Waals surface area contributed by atoms with Gasteiger partial charge in [0.25, 0.3) is 0 Å². The number of fused-ring (bicyclic) bond motifs is 4. The third-order valence-electron chi connectivity index (χ3n) is 8.32. The van der Waals surface area contributed by atoms with Crippen LogP contribution in [0.25, 0.3) is 82.4 Å². The first-order valence-corrected chi connectivity index (χ1v) is 15.0. The molecule has 0 spiro atoms. The molecule has 0 unspecified atom stereocenters. The monoisotopic (exact) mass is 617 g/mol. The maximum Gasteiger partial charge on any atom is 0.114 e. The van der Waals surface area contributed by atoms with Gasteiger partial charge < -0.3 is 0 Å². The molecule has 9 rings (SSSR count). The Bertz CT molecular complexity index is 3520. The molecule has 8 aromatic carbocycles. The summed E-state index contributed by atoms with van der Waals surface area (Å²) in [5.41, 5.74) is 0.621. The van der Waals surface area contributed by atoms with E-state index in [1.807, 2.05) is 49.4 Å². The molecule has 0 aliphatic heterocycles. The highest BCUT2D eigenvalue weighted by Gasteiger charge is 2.18. The number of imidazole rings is 1. The second kappa shape index (κ2) is 11.1. The first kappa shape index (κ1) is 15.1. The molecule has 222 valence electrons. The second-order valence-electron chi connectivity index (χ2n) is 11.0. The molecule has 0 aliphatic carbocycles. The molecule has 0 saturated heterocycles. The Kier molecular flexibility index (Phi) is 3.56. The van der Waals surface area contributed by atoms with Crippen LogP contribution in [-0.4, -0.2) is 9.55 Å². The molecule has 0 saturated carbocycles. The topological polar surface area (TPSA) is 17.8 Å². The van der Waals surface area contributed by atoms with Gasteiger partial charge in [-0.05, 0) is 102 Å². The molecule has 1 aromatic heterocycles. The highest BCUT2D eigenvalue weighted by molar-refractivity contribution is 6.22. The van der Waals surface area contributed by atoms with Gasteiger partial charge >= 0.3 is 0 Å². The summed E-state index contributed by atoms with van der Waals surface area (Å²) in [6, 6.07) is 5.69. The number of para-hydroxylation sites is 2. The number of aryl methyl sites for hydroxylation is 1.